The second kappa shape index (κ2) is 10.4. The summed E-state index contributed by atoms with van der Waals surface area (Å²) in [4.78, 5) is 18.5. The molecule has 2 aromatic heterocycles. The van der Waals surface area contributed by atoms with Crippen molar-refractivity contribution in [2.75, 3.05) is 54.5 Å². The minimum Gasteiger partial charge on any atom is -0.394 e. The van der Waals surface area contributed by atoms with Gasteiger partial charge in [0.2, 0.25) is 5.95 Å². The Hall–Kier alpha value is -3.18. The van der Waals surface area contributed by atoms with Crippen LogP contribution in [0, 0.1) is 5.82 Å². The first-order chi connectivity index (χ1) is 17.1. The summed E-state index contributed by atoms with van der Waals surface area (Å²) in [5.41, 5.74) is 0.316. The highest BCUT2D eigenvalue weighted by Gasteiger charge is 2.36. The van der Waals surface area contributed by atoms with Crippen molar-refractivity contribution in [1.29, 1.82) is 0 Å². The monoisotopic (exact) mass is 524 g/mol. The highest BCUT2D eigenvalue weighted by molar-refractivity contribution is 6.31. The second-order valence-electron chi connectivity index (χ2n) is 8.53. The Morgan fingerprint density at radius 2 is 1.78 bits per heavy atom. The maximum absolute atomic E-state index is 13.7. The van der Waals surface area contributed by atoms with Gasteiger partial charge in [-0.15, -0.1) is 0 Å². The van der Waals surface area contributed by atoms with E-state index in [1.54, 1.807) is 29.0 Å². The minimum absolute atomic E-state index is 0.0456. The van der Waals surface area contributed by atoms with Crippen LogP contribution in [0.1, 0.15) is 12.5 Å². The number of alkyl halides is 3. The van der Waals surface area contributed by atoms with Gasteiger partial charge >= 0.3 is 6.18 Å². The number of hydrogen-bond acceptors (Lipinski definition) is 7. The molecule has 0 amide bonds. The molecular weight excluding hydrogens is 500 g/mol. The van der Waals surface area contributed by atoms with Crippen LogP contribution in [-0.4, -0.2) is 65.9 Å². The van der Waals surface area contributed by atoms with Gasteiger partial charge in [0.25, 0.3) is 0 Å². The van der Waals surface area contributed by atoms with Crippen LogP contribution in [0.2, 0.25) is 5.02 Å². The van der Waals surface area contributed by atoms with E-state index in [0.29, 0.717) is 49.2 Å². The fourth-order valence-electron chi connectivity index (χ4n) is 3.88. The van der Waals surface area contributed by atoms with Crippen LogP contribution < -0.4 is 14.7 Å². The van der Waals surface area contributed by atoms with Crippen LogP contribution in [0.3, 0.4) is 0 Å². The molecule has 7 nitrogen and oxygen atoms in total. The van der Waals surface area contributed by atoms with E-state index >= 15 is 0 Å². The number of pyridine rings is 1. The van der Waals surface area contributed by atoms with Crippen LogP contribution >= 0.6 is 11.6 Å². The molecule has 36 heavy (non-hydrogen) atoms. The van der Waals surface area contributed by atoms with E-state index in [-0.39, 0.29) is 23.5 Å². The van der Waals surface area contributed by atoms with E-state index in [1.807, 2.05) is 11.8 Å². The molecule has 192 valence electrons. The van der Waals surface area contributed by atoms with Gasteiger partial charge in [0.1, 0.15) is 17.5 Å². The number of aromatic nitrogens is 3. The Balaban J connectivity index is 1.64. The molecule has 0 radical (unpaired) electrons. The number of benzene rings is 1. The van der Waals surface area contributed by atoms with E-state index in [2.05, 4.69) is 15.0 Å². The molecule has 0 spiro atoms. The number of aliphatic hydroxyl groups is 1. The summed E-state index contributed by atoms with van der Waals surface area (Å²) in [6.07, 6.45) is -3.15. The molecule has 1 saturated heterocycles. The van der Waals surface area contributed by atoms with E-state index in [1.165, 1.54) is 24.4 Å². The van der Waals surface area contributed by atoms with Crippen LogP contribution in [0.15, 0.2) is 42.6 Å². The summed E-state index contributed by atoms with van der Waals surface area (Å²) in [6, 6.07) is 8.06. The van der Waals surface area contributed by atoms with Crippen LogP contribution in [0.25, 0.3) is 11.3 Å². The molecule has 1 aliphatic heterocycles. The van der Waals surface area contributed by atoms with Crippen molar-refractivity contribution in [3.63, 3.8) is 0 Å². The Bertz CT molecular complexity index is 1220. The lowest BCUT2D eigenvalue weighted by Gasteiger charge is -2.37. The summed E-state index contributed by atoms with van der Waals surface area (Å²) in [6.45, 7) is 3.10. The number of nitrogens with zero attached hydrogens (tertiary/aromatic N) is 6. The lowest BCUT2D eigenvalue weighted by Crippen LogP contribution is -2.47. The molecule has 1 N–H and O–H groups in total. The van der Waals surface area contributed by atoms with Crippen LogP contribution in [0.4, 0.5) is 35.1 Å². The molecule has 4 rings (SSSR count). The molecule has 1 atom stereocenters. The third-order valence-corrected chi connectivity index (χ3v) is 6.44. The highest BCUT2D eigenvalue weighted by atomic mass is 35.5. The molecule has 1 aliphatic rings. The average Bonchev–Trinajstić information content (AvgIpc) is 2.88. The van der Waals surface area contributed by atoms with Crippen molar-refractivity contribution < 1.29 is 22.7 Å². The number of likely N-dealkylation sites (N-methyl/N-ethyl adjacent to an activating group) is 1. The third-order valence-electron chi connectivity index (χ3n) is 6.15. The molecule has 1 unspecified atom stereocenters. The lowest BCUT2D eigenvalue weighted by molar-refractivity contribution is -0.137. The van der Waals surface area contributed by atoms with Crippen molar-refractivity contribution in [2.24, 2.45) is 0 Å². The van der Waals surface area contributed by atoms with Gasteiger partial charge in [-0.2, -0.15) is 18.2 Å². The van der Waals surface area contributed by atoms with Gasteiger partial charge < -0.3 is 19.8 Å². The molecule has 3 aromatic rings. The molecule has 12 heteroatoms. The van der Waals surface area contributed by atoms with Gasteiger partial charge in [0.05, 0.1) is 28.9 Å². The van der Waals surface area contributed by atoms with Crippen molar-refractivity contribution in [3.05, 3.63) is 59.0 Å². The smallest absolute Gasteiger partial charge is 0.394 e. The van der Waals surface area contributed by atoms with Gasteiger partial charge in [-0.25, -0.2) is 14.4 Å². The second-order valence-corrected chi connectivity index (χ2v) is 8.94. The number of rotatable bonds is 6. The van der Waals surface area contributed by atoms with Gasteiger partial charge in [-0.05, 0) is 37.3 Å². The maximum Gasteiger partial charge on any atom is 0.419 e. The molecule has 0 bridgehead atoms. The Kier molecular flexibility index (Phi) is 7.51. The Labute approximate surface area is 211 Å². The van der Waals surface area contributed by atoms with Crippen molar-refractivity contribution in [2.45, 2.75) is 19.1 Å². The Morgan fingerprint density at radius 3 is 2.42 bits per heavy atom. The summed E-state index contributed by atoms with van der Waals surface area (Å²) in [5, 5.41) is 9.55. The zero-order valence-electron chi connectivity index (χ0n) is 19.7. The lowest BCUT2D eigenvalue weighted by atomic mass is 10.1. The first-order valence-corrected chi connectivity index (χ1v) is 11.7. The first kappa shape index (κ1) is 25.9. The summed E-state index contributed by atoms with van der Waals surface area (Å²) < 4.78 is 54.1. The minimum atomic E-state index is -4.50. The fraction of sp³-hybridized carbons (Fsp3) is 0.375. The molecule has 1 aromatic carbocycles. The molecule has 0 aliphatic carbocycles. The van der Waals surface area contributed by atoms with E-state index in [9.17, 15) is 22.7 Å². The molecule has 1 fully saturated rings. The standard InChI is InChI=1S/C24H25ClF4N6O/c1-15(14-36)33(2)23-31-20(16-5-6-19(26)18(25)12-16)13-21(32-23)34-8-10-35(11-9-34)22-17(24(27,28)29)4-3-7-30-22/h3-7,12-13,15,36H,8-11,14H2,1-2H3. The number of piperazine rings is 1. The van der Waals surface area contributed by atoms with Crippen LogP contribution in [0.5, 0.6) is 0 Å². The Morgan fingerprint density at radius 1 is 1.08 bits per heavy atom. The highest BCUT2D eigenvalue weighted by Crippen LogP contribution is 2.36. The maximum atomic E-state index is 13.7. The molecular formula is C24H25ClF4N6O. The number of hydrogen-bond donors (Lipinski definition) is 1. The summed E-state index contributed by atoms with van der Waals surface area (Å²) >= 11 is 5.98. The molecule has 3 heterocycles. The normalized spacial score (nSPS) is 15.2. The van der Waals surface area contributed by atoms with E-state index in [0.717, 1.165) is 6.07 Å². The van der Waals surface area contributed by atoms with Crippen molar-refractivity contribution in [1.82, 2.24) is 15.0 Å². The third kappa shape index (κ3) is 5.46. The fourth-order valence-corrected chi connectivity index (χ4v) is 4.06. The van der Waals surface area contributed by atoms with E-state index in [4.69, 9.17) is 11.6 Å². The van der Waals surface area contributed by atoms with E-state index < -0.39 is 17.6 Å². The zero-order valence-corrected chi connectivity index (χ0v) is 20.4. The van der Waals surface area contributed by atoms with Crippen LogP contribution in [-0.2, 0) is 6.18 Å². The SMILES string of the molecule is CC(CO)N(C)c1nc(-c2ccc(F)c(Cl)c2)cc(N2CCN(c3ncccc3C(F)(F)F)CC2)n1. The van der Waals surface area contributed by atoms with Gasteiger partial charge in [-0.3, -0.25) is 0 Å². The largest absolute Gasteiger partial charge is 0.419 e. The van der Waals surface area contributed by atoms with Gasteiger partial charge in [0.15, 0.2) is 0 Å². The quantitative estimate of drug-likeness (QED) is 0.476. The number of anilines is 3. The number of halogens is 5. The zero-order chi connectivity index (χ0) is 26.0. The van der Waals surface area contributed by atoms with Crippen molar-refractivity contribution in [3.8, 4) is 11.3 Å². The van der Waals surface area contributed by atoms with Crippen molar-refractivity contribution >= 4 is 29.2 Å². The number of aliphatic hydroxyl groups excluding tert-OH is 1. The van der Waals surface area contributed by atoms with Gasteiger partial charge in [-0.1, -0.05) is 11.6 Å². The summed E-state index contributed by atoms with van der Waals surface area (Å²) in [5.74, 6) is 0.260. The summed E-state index contributed by atoms with van der Waals surface area (Å²) in [7, 11) is 1.75. The topological polar surface area (TPSA) is 68.6 Å². The predicted molar refractivity (Wildman–Crippen MR) is 131 cm³/mol. The molecule has 0 saturated carbocycles. The van der Waals surface area contributed by atoms with Gasteiger partial charge in [0, 0.05) is 51.1 Å². The predicted octanol–water partition coefficient (Wildman–Crippen LogP) is 4.49. The average molecular weight is 525 g/mol. The first-order valence-electron chi connectivity index (χ1n) is 11.3.